The van der Waals surface area contributed by atoms with Gasteiger partial charge in [0.2, 0.25) is 5.91 Å². The smallest absolute Gasteiger partial charge is 0.224 e. The van der Waals surface area contributed by atoms with Crippen LogP contribution in [0.15, 0.2) is 42.5 Å². The zero-order valence-corrected chi connectivity index (χ0v) is 13.6. The van der Waals surface area contributed by atoms with Crippen molar-refractivity contribution in [3.63, 3.8) is 0 Å². The number of nitrogen functional groups attached to an aromatic ring is 1. The van der Waals surface area contributed by atoms with E-state index in [0.29, 0.717) is 35.8 Å². The lowest BCUT2D eigenvalue weighted by atomic mass is 10.2. The number of anilines is 2. The third kappa shape index (κ3) is 5.38. The molecule has 6 heteroatoms. The molecule has 0 atom stereocenters. The number of rotatable bonds is 7. The summed E-state index contributed by atoms with van der Waals surface area (Å²) in [6, 6.07) is 12.3. The van der Waals surface area contributed by atoms with Gasteiger partial charge in [-0.15, -0.1) is 0 Å². The number of hydrogen-bond donors (Lipinski definition) is 2. The van der Waals surface area contributed by atoms with Gasteiger partial charge in [0.05, 0.1) is 25.1 Å². The van der Waals surface area contributed by atoms with Gasteiger partial charge in [0, 0.05) is 11.4 Å². The molecule has 0 aliphatic heterocycles. The first-order chi connectivity index (χ1) is 11.1. The van der Waals surface area contributed by atoms with E-state index in [1.807, 2.05) is 24.3 Å². The van der Waals surface area contributed by atoms with Gasteiger partial charge in [-0.3, -0.25) is 4.79 Å². The van der Waals surface area contributed by atoms with Gasteiger partial charge in [0.1, 0.15) is 11.5 Å². The summed E-state index contributed by atoms with van der Waals surface area (Å²) in [5.74, 6) is 1.41. The van der Waals surface area contributed by atoms with Crippen LogP contribution in [0.4, 0.5) is 11.4 Å². The summed E-state index contributed by atoms with van der Waals surface area (Å²) >= 11 is 5.82. The van der Waals surface area contributed by atoms with E-state index in [9.17, 15) is 4.79 Å². The highest BCUT2D eigenvalue weighted by Crippen LogP contribution is 2.23. The highest BCUT2D eigenvalue weighted by molar-refractivity contribution is 6.31. The van der Waals surface area contributed by atoms with Crippen molar-refractivity contribution in [2.75, 3.05) is 24.8 Å². The molecule has 0 radical (unpaired) electrons. The van der Waals surface area contributed by atoms with E-state index >= 15 is 0 Å². The Bertz CT molecular complexity index is 659. The van der Waals surface area contributed by atoms with Crippen LogP contribution in [0.2, 0.25) is 5.02 Å². The Hall–Kier alpha value is -2.40. The molecule has 3 N–H and O–H groups in total. The number of carbonyl (C=O) groups excluding carboxylic acids is 1. The van der Waals surface area contributed by atoms with Crippen LogP contribution in [0.5, 0.6) is 11.5 Å². The number of nitrogens with two attached hydrogens (primary N) is 1. The highest BCUT2D eigenvalue weighted by atomic mass is 35.5. The summed E-state index contributed by atoms with van der Waals surface area (Å²) in [5, 5.41) is 3.29. The van der Waals surface area contributed by atoms with Crippen molar-refractivity contribution < 1.29 is 14.3 Å². The van der Waals surface area contributed by atoms with Gasteiger partial charge < -0.3 is 20.5 Å². The fourth-order valence-corrected chi connectivity index (χ4v) is 2.14. The Balaban J connectivity index is 1.72. The number of benzene rings is 2. The van der Waals surface area contributed by atoms with Crippen LogP contribution in [0, 0.1) is 0 Å². The topological polar surface area (TPSA) is 73.6 Å². The van der Waals surface area contributed by atoms with E-state index in [0.717, 1.165) is 11.5 Å². The average Bonchev–Trinajstić information content (AvgIpc) is 2.55. The molecule has 0 saturated carbocycles. The Morgan fingerprint density at radius 2 is 1.87 bits per heavy atom. The highest BCUT2D eigenvalue weighted by Gasteiger charge is 2.06. The molecule has 0 aliphatic rings. The molecule has 0 heterocycles. The molecule has 2 aromatic carbocycles. The maximum Gasteiger partial charge on any atom is 0.224 e. The largest absolute Gasteiger partial charge is 0.497 e. The van der Waals surface area contributed by atoms with Gasteiger partial charge in [-0.2, -0.15) is 0 Å². The van der Waals surface area contributed by atoms with Crippen LogP contribution in [-0.2, 0) is 4.79 Å². The second-order valence-electron chi connectivity index (χ2n) is 4.91. The molecule has 0 spiro atoms. The molecular formula is C17H19ClN2O3. The monoisotopic (exact) mass is 334 g/mol. The second kappa shape index (κ2) is 8.29. The third-order valence-corrected chi connectivity index (χ3v) is 3.40. The van der Waals surface area contributed by atoms with Crippen molar-refractivity contribution in [2.45, 2.75) is 12.8 Å². The van der Waals surface area contributed by atoms with Gasteiger partial charge >= 0.3 is 0 Å². The summed E-state index contributed by atoms with van der Waals surface area (Å²) in [7, 11) is 1.61. The maximum atomic E-state index is 11.9. The Kier molecular flexibility index (Phi) is 6.11. The molecule has 5 nitrogen and oxygen atoms in total. The van der Waals surface area contributed by atoms with E-state index < -0.39 is 0 Å². The van der Waals surface area contributed by atoms with Crippen molar-refractivity contribution >= 4 is 28.9 Å². The number of ether oxygens (including phenoxy) is 2. The molecular weight excluding hydrogens is 316 g/mol. The number of nitrogens with one attached hydrogen (secondary N) is 1. The Labute approximate surface area is 140 Å². The fraction of sp³-hybridized carbons (Fsp3) is 0.235. The number of halogens is 1. The van der Waals surface area contributed by atoms with Crippen molar-refractivity contribution in [2.24, 2.45) is 0 Å². The average molecular weight is 335 g/mol. The first-order valence-electron chi connectivity index (χ1n) is 7.20. The lowest BCUT2D eigenvalue weighted by Crippen LogP contribution is -2.14. The summed E-state index contributed by atoms with van der Waals surface area (Å²) in [5.41, 5.74) is 6.80. The van der Waals surface area contributed by atoms with Crippen molar-refractivity contribution in [1.82, 2.24) is 0 Å². The van der Waals surface area contributed by atoms with E-state index in [4.69, 9.17) is 26.8 Å². The molecule has 1 amide bonds. The van der Waals surface area contributed by atoms with Gasteiger partial charge in [-0.1, -0.05) is 11.6 Å². The predicted octanol–water partition coefficient (Wildman–Crippen LogP) is 3.73. The first kappa shape index (κ1) is 17.0. The number of amides is 1. The summed E-state index contributed by atoms with van der Waals surface area (Å²) in [6.45, 7) is 0.454. The number of methoxy groups -OCH3 is 1. The minimum absolute atomic E-state index is 0.114. The van der Waals surface area contributed by atoms with Gasteiger partial charge in [0.25, 0.3) is 0 Å². The third-order valence-electron chi connectivity index (χ3n) is 3.16. The molecule has 2 aromatic rings. The second-order valence-corrected chi connectivity index (χ2v) is 5.34. The molecule has 0 unspecified atom stereocenters. The molecule has 0 fully saturated rings. The van der Waals surface area contributed by atoms with Crippen molar-refractivity contribution in [3.05, 3.63) is 47.5 Å². The van der Waals surface area contributed by atoms with E-state index in [1.54, 1.807) is 25.3 Å². The van der Waals surface area contributed by atoms with Crippen LogP contribution in [0.1, 0.15) is 12.8 Å². The SMILES string of the molecule is COc1ccc(OCCCC(=O)Nc2ccc(Cl)cc2N)cc1. The normalized spacial score (nSPS) is 10.2. The van der Waals surface area contributed by atoms with E-state index in [1.165, 1.54) is 0 Å². The predicted molar refractivity (Wildman–Crippen MR) is 92.2 cm³/mol. The lowest BCUT2D eigenvalue weighted by Gasteiger charge is -2.09. The Morgan fingerprint density at radius 1 is 1.17 bits per heavy atom. The van der Waals surface area contributed by atoms with Crippen molar-refractivity contribution in [3.8, 4) is 11.5 Å². The maximum absolute atomic E-state index is 11.9. The minimum Gasteiger partial charge on any atom is -0.497 e. The summed E-state index contributed by atoms with van der Waals surface area (Å²) < 4.78 is 10.6. The molecule has 122 valence electrons. The van der Waals surface area contributed by atoms with Gasteiger partial charge in [0.15, 0.2) is 0 Å². The van der Waals surface area contributed by atoms with Gasteiger partial charge in [-0.25, -0.2) is 0 Å². The van der Waals surface area contributed by atoms with E-state index in [-0.39, 0.29) is 5.91 Å². The van der Waals surface area contributed by atoms with Gasteiger partial charge in [-0.05, 0) is 48.9 Å². The molecule has 0 bridgehead atoms. The van der Waals surface area contributed by atoms with Crippen LogP contribution in [-0.4, -0.2) is 19.6 Å². The van der Waals surface area contributed by atoms with Crippen LogP contribution in [0.25, 0.3) is 0 Å². The molecule has 2 rings (SSSR count). The lowest BCUT2D eigenvalue weighted by molar-refractivity contribution is -0.116. The molecule has 0 aliphatic carbocycles. The summed E-state index contributed by atoms with van der Waals surface area (Å²) in [6.07, 6.45) is 0.948. The summed E-state index contributed by atoms with van der Waals surface area (Å²) in [4.78, 5) is 11.9. The number of hydrogen-bond acceptors (Lipinski definition) is 4. The van der Waals surface area contributed by atoms with Crippen LogP contribution < -0.4 is 20.5 Å². The number of carbonyl (C=O) groups is 1. The minimum atomic E-state index is -0.114. The molecule has 0 aromatic heterocycles. The zero-order valence-electron chi connectivity index (χ0n) is 12.8. The van der Waals surface area contributed by atoms with Crippen molar-refractivity contribution in [1.29, 1.82) is 0 Å². The van der Waals surface area contributed by atoms with E-state index in [2.05, 4.69) is 5.32 Å². The quantitative estimate of drug-likeness (QED) is 0.597. The molecule has 23 heavy (non-hydrogen) atoms. The molecule has 0 saturated heterocycles. The van der Waals surface area contributed by atoms with Crippen LogP contribution >= 0.6 is 11.6 Å². The van der Waals surface area contributed by atoms with Crippen LogP contribution in [0.3, 0.4) is 0 Å². The zero-order chi connectivity index (χ0) is 16.7. The standard InChI is InChI=1S/C17H19ClN2O3/c1-22-13-5-7-14(8-6-13)23-10-2-3-17(21)20-16-9-4-12(18)11-15(16)19/h4-9,11H,2-3,10,19H2,1H3,(H,20,21). The fourth-order valence-electron chi connectivity index (χ4n) is 1.95. The Morgan fingerprint density at radius 3 is 2.52 bits per heavy atom. The first-order valence-corrected chi connectivity index (χ1v) is 7.58.